The van der Waals surface area contributed by atoms with Gasteiger partial charge in [-0.05, 0) is 12.8 Å². The van der Waals surface area contributed by atoms with Crippen LogP contribution >= 0.6 is 0 Å². The molecule has 112 valence electrons. The van der Waals surface area contributed by atoms with Crippen molar-refractivity contribution in [3.8, 4) is 11.5 Å². The van der Waals surface area contributed by atoms with E-state index in [1.165, 1.54) is 14.2 Å². The number of methoxy groups -OCH3 is 2. The Kier molecular flexibility index (Phi) is 4.48. The summed E-state index contributed by atoms with van der Waals surface area (Å²) in [6.07, 6.45) is 4.67. The van der Waals surface area contributed by atoms with Crippen LogP contribution in [0.1, 0.15) is 37.7 Å². The van der Waals surface area contributed by atoms with Gasteiger partial charge in [0.15, 0.2) is 23.1 Å². The summed E-state index contributed by atoms with van der Waals surface area (Å²) in [7, 11) is 2.76. The third-order valence-corrected chi connectivity index (χ3v) is 4.28. The van der Waals surface area contributed by atoms with Gasteiger partial charge in [0, 0.05) is 23.6 Å². The predicted octanol–water partition coefficient (Wildman–Crippen LogP) is 3.14. The normalized spacial score (nSPS) is 17.9. The van der Waals surface area contributed by atoms with Gasteiger partial charge in [-0.2, -0.15) is 0 Å². The molecule has 0 saturated heterocycles. The van der Waals surface area contributed by atoms with Crippen molar-refractivity contribution in [3.63, 3.8) is 0 Å². The van der Waals surface area contributed by atoms with E-state index < -0.39 is 17.0 Å². The molecule has 0 unspecified atom stereocenters. The second kappa shape index (κ2) is 5.95. The van der Waals surface area contributed by atoms with Gasteiger partial charge in [0.05, 0.1) is 14.2 Å². The highest BCUT2D eigenvalue weighted by atomic mass is 19.1. The highest BCUT2D eigenvalue weighted by molar-refractivity contribution is 5.52. The molecule has 1 saturated carbocycles. The first-order chi connectivity index (χ1) is 9.59. The number of rotatable bonds is 4. The Morgan fingerprint density at radius 3 is 1.95 bits per heavy atom. The third kappa shape index (κ3) is 2.35. The average Bonchev–Trinajstić information content (AvgIpc) is 2.47. The lowest BCUT2D eigenvalue weighted by Gasteiger charge is -2.38. The molecule has 0 aromatic heterocycles. The number of nitrogens with two attached hydrogens (primary N) is 1. The molecule has 1 fully saturated rings. The Morgan fingerprint density at radius 2 is 1.55 bits per heavy atom. The van der Waals surface area contributed by atoms with E-state index in [0.717, 1.165) is 38.2 Å². The molecule has 1 aromatic rings. The summed E-state index contributed by atoms with van der Waals surface area (Å²) in [4.78, 5) is 0. The Hall–Kier alpha value is -1.36. The quantitative estimate of drug-likeness (QED) is 0.924. The maximum Gasteiger partial charge on any atom is 0.168 e. The second-order valence-electron chi connectivity index (χ2n) is 5.33. The summed E-state index contributed by atoms with van der Waals surface area (Å²) in [5, 5.41) is 0. The van der Waals surface area contributed by atoms with Crippen LogP contribution in [0.4, 0.5) is 8.78 Å². The molecule has 1 aliphatic carbocycles. The highest BCUT2D eigenvalue weighted by Gasteiger charge is 2.40. The molecule has 20 heavy (non-hydrogen) atoms. The Balaban J connectivity index is 2.68. The minimum absolute atomic E-state index is 0.0515. The fraction of sp³-hybridized carbons (Fsp3) is 0.600. The number of benzene rings is 1. The molecule has 0 aliphatic heterocycles. The van der Waals surface area contributed by atoms with Crippen molar-refractivity contribution in [2.45, 2.75) is 37.5 Å². The van der Waals surface area contributed by atoms with Gasteiger partial charge in [0.2, 0.25) is 0 Å². The smallest absolute Gasteiger partial charge is 0.168 e. The Bertz CT molecular complexity index is 457. The monoisotopic (exact) mass is 285 g/mol. The first-order valence-corrected chi connectivity index (χ1v) is 6.90. The summed E-state index contributed by atoms with van der Waals surface area (Å²) >= 11 is 0. The van der Waals surface area contributed by atoms with Crippen molar-refractivity contribution >= 4 is 0 Å². The first kappa shape index (κ1) is 15.0. The van der Waals surface area contributed by atoms with E-state index >= 15 is 0 Å². The van der Waals surface area contributed by atoms with Crippen molar-refractivity contribution in [1.29, 1.82) is 0 Å². The molecule has 0 spiro atoms. The van der Waals surface area contributed by atoms with Gasteiger partial charge in [-0.3, -0.25) is 0 Å². The summed E-state index contributed by atoms with van der Waals surface area (Å²) in [5.74, 6) is -1.32. The van der Waals surface area contributed by atoms with Crippen molar-refractivity contribution < 1.29 is 18.3 Å². The molecule has 0 atom stereocenters. The topological polar surface area (TPSA) is 44.5 Å². The third-order valence-electron chi connectivity index (χ3n) is 4.28. The lowest BCUT2D eigenvalue weighted by molar-refractivity contribution is 0.264. The second-order valence-corrected chi connectivity index (χ2v) is 5.33. The molecular weight excluding hydrogens is 264 g/mol. The number of hydrogen-bond donors (Lipinski definition) is 1. The fourth-order valence-corrected chi connectivity index (χ4v) is 3.25. The van der Waals surface area contributed by atoms with Crippen molar-refractivity contribution in [3.05, 3.63) is 23.3 Å². The molecule has 0 bridgehead atoms. The largest absolute Gasteiger partial charge is 0.493 e. The summed E-state index contributed by atoms with van der Waals surface area (Å²) in [5.41, 5.74) is 5.93. The zero-order valence-corrected chi connectivity index (χ0v) is 12.0. The van der Waals surface area contributed by atoms with Gasteiger partial charge in [0.1, 0.15) is 0 Å². The van der Waals surface area contributed by atoms with Gasteiger partial charge < -0.3 is 15.2 Å². The molecule has 0 radical (unpaired) electrons. The van der Waals surface area contributed by atoms with Crippen LogP contribution in [0.5, 0.6) is 11.5 Å². The number of halogens is 2. The van der Waals surface area contributed by atoms with Crippen LogP contribution in [0, 0.1) is 11.6 Å². The van der Waals surface area contributed by atoms with Crippen LogP contribution < -0.4 is 15.2 Å². The summed E-state index contributed by atoms with van der Waals surface area (Å²) in [6.45, 7) is 0.322. The minimum atomic E-state index is -0.709. The summed E-state index contributed by atoms with van der Waals surface area (Å²) in [6, 6.07) is 0.800. The zero-order chi connectivity index (χ0) is 14.8. The Morgan fingerprint density at radius 1 is 1.05 bits per heavy atom. The maximum atomic E-state index is 14.0. The van der Waals surface area contributed by atoms with Crippen molar-refractivity contribution in [1.82, 2.24) is 0 Å². The van der Waals surface area contributed by atoms with Gasteiger partial charge in [-0.25, -0.2) is 8.78 Å². The molecule has 3 nitrogen and oxygen atoms in total. The molecule has 0 amide bonds. The number of ether oxygens (including phenoxy) is 2. The zero-order valence-electron chi connectivity index (χ0n) is 12.0. The van der Waals surface area contributed by atoms with Gasteiger partial charge >= 0.3 is 0 Å². The van der Waals surface area contributed by atoms with Gasteiger partial charge in [0.25, 0.3) is 0 Å². The van der Waals surface area contributed by atoms with E-state index in [0.29, 0.717) is 12.1 Å². The van der Waals surface area contributed by atoms with E-state index in [-0.39, 0.29) is 11.5 Å². The van der Waals surface area contributed by atoms with E-state index in [9.17, 15) is 8.78 Å². The van der Waals surface area contributed by atoms with Crippen LogP contribution in [-0.4, -0.2) is 20.8 Å². The van der Waals surface area contributed by atoms with Crippen LogP contribution in [0.2, 0.25) is 0 Å². The molecule has 1 aromatic carbocycles. The molecule has 5 heteroatoms. The van der Waals surface area contributed by atoms with Crippen LogP contribution in [0.15, 0.2) is 6.07 Å². The lowest BCUT2D eigenvalue weighted by Crippen LogP contribution is -2.38. The molecular formula is C15H21F2NO2. The van der Waals surface area contributed by atoms with Crippen LogP contribution in [-0.2, 0) is 5.41 Å². The average molecular weight is 285 g/mol. The van der Waals surface area contributed by atoms with Gasteiger partial charge in [-0.15, -0.1) is 0 Å². The summed E-state index contributed by atoms with van der Waals surface area (Å²) < 4.78 is 38.4. The molecule has 1 aliphatic rings. The van der Waals surface area contributed by atoms with E-state index in [1.807, 2.05) is 0 Å². The van der Waals surface area contributed by atoms with Crippen molar-refractivity contribution in [2.24, 2.45) is 5.73 Å². The molecule has 2 N–H and O–H groups in total. The predicted molar refractivity (Wildman–Crippen MR) is 73.3 cm³/mol. The fourth-order valence-electron chi connectivity index (χ4n) is 3.25. The molecule has 0 heterocycles. The SMILES string of the molecule is COc1c(F)cc(F)c(OC)c1C1(CN)CCCCC1. The number of hydrogen-bond acceptors (Lipinski definition) is 3. The maximum absolute atomic E-state index is 14.0. The van der Waals surface area contributed by atoms with Crippen LogP contribution in [0.3, 0.4) is 0 Å². The standard InChI is InChI=1S/C15H21F2NO2/c1-19-13-10(16)8-11(17)14(20-2)12(13)15(9-18)6-4-3-5-7-15/h8H,3-7,9,18H2,1-2H3. The Labute approximate surface area is 118 Å². The molecule has 2 rings (SSSR count). The minimum Gasteiger partial charge on any atom is -0.493 e. The highest BCUT2D eigenvalue weighted by Crippen LogP contribution is 2.48. The van der Waals surface area contributed by atoms with E-state index in [4.69, 9.17) is 15.2 Å². The van der Waals surface area contributed by atoms with E-state index in [1.54, 1.807) is 0 Å². The van der Waals surface area contributed by atoms with Gasteiger partial charge in [-0.1, -0.05) is 19.3 Å². The van der Waals surface area contributed by atoms with Crippen LogP contribution in [0.25, 0.3) is 0 Å². The van der Waals surface area contributed by atoms with Crippen molar-refractivity contribution in [2.75, 3.05) is 20.8 Å². The lowest BCUT2D eigenvalue weighted by atomic mass is 9.68. The van der Waals surface area contributed by atoms with E-state index in [2.05, 4.69) is 0 Å². The first-order valence-electron chi connectivity index (χ1n) is 6.90.